The standard InChI is InChI=1S/C18H34N2/c1-2-19-17(16-7-3-4-8-16)15-20-13-11-18(12-14-20)9-5-6-10-18/h16-17,19H,2-15H2,1H3. The summed E-state index contributed by atoms with van der Waals surface area (Å²) in [6.07, 6.45) is 14.9. The van der Waals surface area contributed by atoms with Crippen LogP contribution in [0.3, 0.4) is 0 Å². The van der Waals surface area contributed by atoms with Crippen molar-refractivity contribution in [2.45, 2.75) is 77.2 Å². The first-order valence-electron chi connectivity index (χ1n) is 9.27. The Morgan fingerprint density at radius 3 is 2.25 bits per heavy atom. The lowest BCUT2D eigenvalue weighted by Crippen LogP contribution is -2.48. The maximum atomic E-state index is 3.79. The summed E-state index contributed by atoms with van der Waals surface area (Å²) in [6, 6.07) is 0.764. The Morgan fingerprint density at radius 1 is 1.00 bits per heavy atom. The van der Waals surface area contributed by atoms with Crippen LogP contribution in [-0.2, 0) is 0 Å². The summed E-state index contributed by atoms with van der Waals surface area (Å²) in [4.78, 5) is 2.77. The van der Waals surface area contributed by atoms with Crippen molar-refractivity contribution in [3.05, 3.63) is 0 Å². The highest BCUT2D eigenvalue weighted by molar-refractivity contribution is 4.91. The van der Waals surface area contributed by atoms with Crippen molar-refractivity contribution in [1.29, 1.82) is 0 Å². The van der Waals surface area contributed by atoms with Crippen LogP contribution in [0.1, 0.15) is 71.1 Å². The Balaban J connectivity index is 1.49. The van der Waals surface area contributed by atoms with Crippen LogP contribution in [0.5, 0.6) is 0 Å². The summed E-state index contributed by atoms with van der Waals surface area (Å²) in [7, 11) is 0. The van der Waals surface area contributed by atoms with E-state index in [1.54, 1.807) is 0 Å². The van der Waals surface area contributed by atoms with Gasteiger partial charge in [0.1, 0.15) is 0 Å². The highest BCUT2D eigenvalue weighted by Crippen LogP contribution is 2.46. The molecule has 3 rings (SSSR count). The predicted molar refractivity (Wildman–Crippen MR) is 86.0 cm³/mol. The van der Waals surface area contributed by atoms with Crippen molar-refractivity contribution in [2.75, 3.05) is 26.2 Å². The molecule has 20 heavy (non-hydrogen) atoms. The molecule has 2 nitrogen and oxygen atoms in total. The van der Waals surface area contributed by atoms with Gasteiger partial charge in [-0.1, -0.05) is 32.6 Å². The summed E-state index contributed by atoms with van der Waals surface area (Å²) >= 11 is 0. The average molecular weight is 278 g/mol. The number of piperidine rings is 1. The van der Waals surface area contributed by atoms with Gasteiger partial charge in [0.25, 0.3) is 0 Å². The molecule has 0 bridgehead atoms. The Kier molecular flexibility index (Phi) is 5.04. The molecule has 0 radical (unpaired) electrons. The van der Waals surface area contributed by atoms with Crippen LogP contribution in [-0.4, -0.2) is 37.1 Å². The first-order chi connectivity index (χ1) is 9.81. The number of hydrogen-bond acceptors (Lipinski definition) is 2. The fourth-order valence-electron chi connectivity index (χ4n) is 5.12. The van der Waals surface area contributed by atoms with Gasteiger partial charge in [-0.25, -0.2) is 0 Å². The summed E-state index contributed by atoms with van der Waals surface area (Å²) in [5.74, 6) is 0.956. The van der Waals surface area contributed by atoms with E-state index in [-0.39, 0.29) is 0 Å². The van der Waals surface area contributed by atoms with Crippen LogP contribution in [0.15, 0.2) is 0 Å². The molecule has 1 unspecified atom stereocenters. The molecule has 0 aromatic rings. The minimum Gasteiger partial charge on any atom is -0.313 e. The van der Waals surface area contributed by atoms with E-state index in [0.29, 0.717) is 0 Å². The van der Waals surface area contributed by atoms with E-state index in [1.165, 1.54) is 83.8 Å². The molecule has 1 N–H and O–H groups in total. The molecule has 1 atom stereocenters. The molecule has 0 amide bonds. The largest absolute Gasteiger partial charge is 0.313 e. The summed E-state index contributed by atoms with van der Waals surface area (Å²) in [6.45, 7) is 7.46. The molecular weight excluding hydrogens is 244 g/mol. The van der Waals surface area contributed by atoms with Gasteiger partial charge < -0.3 is 10.2 Å². The van der Waals surface area contributed by atoms with Gasteiger partial charge in [-0.2, -0.15) is 0 Å². The number of likely N-dealkylation sites (tertiary alicyclic amines) is 1. The van der Waals surface area contributed by atoms with Crippen molar-refractivity contribution in [1.82, 2.24) is 10.2 Å². The molecule has 2 heteroatoms. The second-order valence-electron chi connectivity index (χ2n) is 7.72. The topological polar surface area (TPSA) is 15.3 Å². The van der Waals surface area contributed by atoms with Crippen LogP contribution >= 0.6 is 0 Å². The van der Waals surface area contributed by atoms with Crippen LogP contribution in [0.4, 0.5) is 0 Å². The van der Waals surface area contributed by atoms with Gasteiger partial charge in [-0.3, -0.25) is 0 Å². The minimum atomic E-state index is 0.764. The molecule has 2 saturated carbocycles. The number of nitrogens with one attached hydrogen (secondary N) is 1. The molecule has 1 saturated heterocycles. The molecule has 0 aromatic heterocycles. The summed E-state index contributed by atoms with van der Waals surface area (Å²) in [5.41, 5.74) is 0.775. The fraction of sp³-hybridized carbons (Fsp3) is 1.00. The average Bonchev–Trinajstić information content (AvgIpc) is 3.13. The van der Waals surface area contributed by atoms with Gasteiger partial charge >= 0.3 is 0 Å². The van der Waals surface area contributed by atoms with E-state index in [9.17, 15) is 0 Å². The lowest BCUT2D eigenvalue weighted by molar-refractivity contribution is 0.0934. The smallest absolute Gasteiger partial charge is 0.0223 e. The summed E-state index contributed by atoms with van der Waals surface area (Å²) in [5, 5.41) is 3.79. The first-order valence-corrected chi connectivity index (χ1v) is 9.27. The van der Waals surface area contributed by atoms with E-state index in [4.69, 9.17) is 0 Å². The summed E-state index contributed by atoms with van der Waals surface area (Å²) < 4.78 is 0. The number of likely N-dealkylation sites (N-methyl/N-ethyl adjacent to an activating group) is 1. The van der Waals surface area contributed by atoms with Gasteiger partial charge in [0, 0.05) is 12.6 Å². The van der Waals surface area contributed by atoms with Crippen molar-refractivity contribution >= 4 is 0 Å². The third-order valence-electron chi connectivity index (χ3n) is 6.47. The second kappa shape index (κ2) is 6.79. The second-order valence-corrected chi connectivity index (χ2v) is 7.72. The number of nitrogens with zero attached hydrogens (tertiary/aromatic N) is 1. The van der Waals surface area contributed by atoms with E-state index in [0.717, 1.165) is 23.9 Å². The maximum absolute atomic E-state index is 3.79. The Labute approximate surface area is 125 Å². The zero-order valence-corrected chi connectivity index (χ0v) is 13.5. The molecule has 2 aliphatic carbocycles. The molecule has 0 aromatic carbocycles. The highest BCUT2D eigenvalue weighted by Gasteiger charge is 2.37. The van der Waals surface area contributed by atoms with Crippen LogP contribution < -0.4 is 5.32 Å². The molecule has 1 aliphatic heterocycles. The van der Waals surface area contributed by atoms with E-state index in [2.05, 4.69) is 17.1 Å². The predicted octanol–water partition coefficient (Wildman–Crippen LogP) is 3.81. The Morgan fingerprint density at radius 2 is 1.65 bits per heavy atom. The monoisotopic (exact) mass is 278 g/mol. The Hall–Kier alpha value is -0.0800. The number of hydrogen-bond donors (Lipinski definition) is 1. The fourth-order valence-corrected chi connectivity index (χ4v) is 5.12. The molecule has 1 heterocycles. The lowest BCUT2D eigenvalue weighted by atomic mass is 9.77. The zero-order chi connectivity index (χ0) is 13.8. The quantitative estimate of drug-likeness (QED) is 0.822. The minimum absolute atomic E-state index is 0.764. The highest BCUT2D eigenvalue weighted by atomic mass is 15.2. The first kappa shape index (κ1) is 14.8. The van der Waals surface area contributed by atoms with Gasteiger partial charge in [0.15, 0.2) is 0 Å². The van der Waals surface area contributed by atoms with E-state index in [1.807, 2.05) is 0 Å². The normalized spacial score (nSPS) is 29.2. The Bertz CT molecular complexity index is 280. The maximum Gasteiger partial charge on any atom is 0.0223 e. The van der Waals surface area contributed by atoms with E-state index < -0.39 is 0 Å². The third-order valence-corrected chi connectivity index (χ3v) is 6.47. The third kappa shape index (κ3) is 3.39. The van der Waals surface area contributed by atoms with Crippen molar-refractivity contribution in [2.24, 2.45) is 11.3 Å². The molecule has 116 valence electrons. The van der Waals surface area contributed by atoms with Crippen LogP contribution in [0, 0.1) is 11.3 Å². The van der Waals surface area contributed by atoms with Crippen molar-refractivity contribution in [3.63, 3.8) is 0 Å². The van der Waals surface area contributed by atoms with E-state index >= 15 is 0 Å². The molecule has 3 fully saturated rings. The van der Waals surface area contributed by atoms with Crippen LogP contribution in [0.2, 0.25) is 0 Å². The molecular formula is C18H34N2. The van der Waals surface area contributed by atoms with Crippen molar-refractivity contribution in [3.8, 4) is 0 Å². The lowest BCUT2D eigenvalue weighted by Gasteiger charge is -2.41. The molecule has 1 spiro atoms. The van der Waals surface area contributed by atoms with Gasteiger partial charge in [0.2, 0.25) is 0 Å². The zero-order valence-electron chi connectivity index (χ0n) is 13.5. The van der Waals surface area contributed by atoms with Crippen LogP contribution in [0.25, 0.3) is 0 Å². The van der Waals surface area contributed by atoms with Crippen molar-refractivity contribution < 1.29 is 0 Å². The van der Waals surface area contributed by atoms with Gasteiger partial charge in [0.05, 0.1) is 0 Å². The SMILES string of the molecule is CCNC(CN1CCC2(CCCC2)CC1)C1CCCC1. The van der Waals surface area contributed by atoms with Gasteiger partial charge in [-0.15, -0.1) is 0 Å². The van der Waals surface area contributed by atoms with Gasteiger partial charge in [-0.05, 0) is 69.5 Å². The molecule has 3 aliphatic rings. The number of rotatable bonds is 5.